The van der Waals surface area contributed by atoms with Gasteiger partial charge in [-0.25, -0.2) is 0 Å². The van der Waals surface area contributed by atoms with Crippen molar-refractivity contribution in [3.63, 3.8) is 0 Å². The van der Waals surface area contributed by atoms with E-state index in [1.54, 1.807) is 0 Å². The molecule has 1 aliphatic heterocycles. The Morgan fingerprint density at radius 3 is 2.38 bits per heavy atom. The van der Waals surface area contributed by atoms with Crippen LogP contribution in [0.15, 0.2) is 0 Å². The molecule has 2 bridgehead atoms. The number of rotatable bonds is 2. The molecular weight excluding hydrogens is 284 g/mol. The van der Waals surface area contributed by atoms with Gasteiger partial charge in [0.1, 0.15) is 0 Å². The van der Waals surface area contributed by atoms with E-state index in [0.29, 0.717) is 29.3 Å². The van der Waals surface area contributed by atoms with Gasteiger partial charge in [-0.2, -0.15) is 0 Å². The zero-order valence-corrected chi connectivity index (χ0v) is 14.6. The predicted octanol–water partition coefficient (Wildman–Crippen LogP) is 3.35. The summed E-state index contributed by atoms with van der Waals surface area (Å²) in [6.45, 7) is 8.59. The molecule has 0 spiro atoms. The van der Waals surface area contributed by atoms with Gasteiger partial charge in [-0.1, -0.05) is 33.6 Å². The molecule has 4 heteroatoms. The molecule has 2 unspecified atom stereocenters. The van der Waals surface area contributed by atoms with Gasteiger partial charge < -0.3 is 10.6 Å². The fourth-order valence-corrected chi connectivity index (χ4v) is 5.56. The lowest BCUT2D eigenvalue weighted by molar-refractivity contribution is -0.142. The average Bonchev–Trinajstić information content (AvgIpc) is 2.90. The molecule has 0 aromatic heterocycles. The van der Waals surface area contributed by atoms with Gasteiger partial charge in [-0.05, 0) is 42.9 Å². The number of carbonyl (C=O) groups excluding carboxylic acids is 1. The largest absolute Gasteiger partial charge is 0.339 e. The molecule has 1 heterocycles. The van der Waals surface area contributed by atoms with E-state index < -0.39 is 0 Å². The summed E-state index contributed by atoms with van der Waals surface area (Å²) in [4.78, 5) is 15.4. The minimum atomic E-state index is -0.224. The molecule has 0 aromatic carbocycles. The zero-order valence-electron chi connectivity index (χ0n) is 13.8. The van der Waals surface area contributed by atoms with Crippen LogP contribution >= 0.6 is 12.4 Å². The summed E-state index contributed by atoms with van der Waals surface area (Å²) in [7, 11) is 0. The Balaban J connectivity index is 0.00000161. The monoisotopic (exact) mass is 314 g/mol. The lowest BCUT2D eigenvalue weighted by Crippen LogP contribution is -2.48. The summed E-state index contributed by atoms with van der Waals surface area (Å²) >= 11 is 0. The number of hydrogen-bond acceptors (Lipinski definition) is 2. The van der Waals surface area contributed by atoms with Crippen molar-refractivity contribution >= 4 is 18.3 Å². The average molecular weight is 315 g/mol. The Morgan fingerprint density at radius 2 is 1.81 bits per heavy atom. The molecule has 2 N–H and O–H groups in total. The Labute approximate surface area is 135 Å². The standard InChI is InChI=1S/C17H30N2O.ClH/c1-15(2)8-13-9-16(3,10-15)12-19(13)14(20)17(11-18)6-4-5-7-17;/h13H,4-12,18H2,1-3H3;1H. The maximum Gasteiger partial charge on any atom is 0.230 e. The Morgan fingerprint density at radius 1 is 1.19 bits per heavy atom. The van der Waals surface area contributed by atoms with Gasteiger partial charge in [0.05, 0.1) is 5.41 Å². The van der Waals surface area contributed by atoms with Gasteiger partial charge in [0.15, 0.2) is 0 Å². The Bertz CT molecular complexity index is 417. The highest BCUT2D eigenvalue weighted by molar-refractivity contribution is 5.85. The summed E-state index contributed by atoms with van der Waals surface area (Å²) in [5.74, 6) is 0.379. The number of nitrogens with zero attached hydrogens (tertiary/aromatic N) is 1. The van der Waals surface area contributed by atoms with Gasteiger partial charge in [0, 0.05) is 19.1 Å². The number of fused-ring (bicyclic) bond motifs is 2. The Kier molecular flexibility index (Phi) is 4.41. The van der Waals surface area contributed by atoms with Gasteiger partial charge in [0.25, 0.3) is 0 Å². The van der Waals surface area contributed by atoms with Crippen LogP contribution in [0.1, 0.15) is 65.7 Å². The van der Waals surface area contributed by atoms with Crippen LogP contribution in [0.5, 0.6) is 0 Å². The van der Waals surface area contributed by atoms with Crippen LogP contribution in [0, 0.1) is 16.2 Å². The number of carbonyl (C=O) groups is 1. The molecule has 2 saturated carbocycles. The summed E-state index contributed by atoms with van der Waals surface area (Å²) in [6, 6.07) is 0.459. The maximum absolute atomic E-state index is 13.1. The van der Waals surface area contributed by atoms with E-state index in [9.17, 15) is 4.79 Å². The van der Waals surface area contributed by atoms with Crippen LogP contribution in [-0.4, -0.2) is 29.9 Å². The molecule has 3 fully saturated rings. The second kappa shape index (κ2) is 5.42. The van der Waals surface area contributed by atoms with Crippen molar-refractivity contribution < 1.29 is 4.79 Å². The van der Waals surface area contributed by atoms with E-state index >= 15 is 0 Å². The van der Waals surface area contributed by atoms with Gasteiger partial charge in [-0.15, -0.1) is 12.4 Å². The topological polar surface area (TPSA) is 46.3 Å². The smallest absolute Gasteiger partial charge is 0.230 e. The normalized spacial score (nSPS) is 36.4. The molecule has 0 aromatic rings. The highest BCUT2D eigenvalue weighted by Gasteiger charge is 2.54. The van der Waals surface area contributed by atoms with Crippen LogP contribution < -0.4 is 5.73 Å². The van der Waals surface area contributed by atoms with Gasteiger partial charge in [-0.3, -0.25) is 4.79 Å². The maximum atomic E-state index is 13.1. The molecule has 1 saturated heterocycles. The van der Waals surface area contributed by atoms with E-state index in [2.05, 4.69) is 25.7 Å². The number of nitrogens with two attached hydrogens (primary N) is 1. The molecule has 2 aliphatic carbocycles. The fourth-order valence-electron chi connectivity index (χ4n) is 5.56. The van der Waals surface area contributed by atoms with E-state index in [0.717, 1.165) is 25.8 Å². The molecule has 3 nitrogen and oxygen atoms in total. The number of halogens is 1. The van der Waals surface area contributed by atoms with E-state index in [1.165, 1.54) is 25.7 Å². The third kappa shape index (κ3) is 2.84. The molecule has 3 aliphatic rings. The minimum absolute atomic E-state index is 0. The SMILES string of the molecule is CC1(C)CC2CC(C)(CN2C(=O)C2(CN)CCCC2)C1.Cl. The predicted molar refractivity (Wildman–Crippen MR) is 88.4 cm³/mol. The van der Waals surface area contributed by atoms with Crippen LogP contribution in [0.2, 0.25) is 0 Å². The third-order valence-electron chi connectivity index (χ3n) is 6.08. The number of likely N-dealkylation sites (tertiary alicyclic amines) is 1. The highest BCUT2D eigenvalue weighted by Crippen LogP contribution is 2.54. The van der Waals surface area contributed by atoms with Crippen molar-refractivity contribution in [1.29, 1.82) is 0 Å². The van der Waals surface area contributed by atoms with Crippen LogP contribution in [0.4, 0.5) is 0 Å². The molecule has 122 valence electrons. The van der Waals surface area contributed by atoms with Crippen molar-refractivity contribution in [2.45, 2.75) is 71.8 Å². The van der Waals surface area contributed by atoms with Crippen molar-refractivity contribution in [3.05, 3.63) is 0 Å². The lowest BCUT2D eigenvalue weighted by Gasteiger charge is -2.40. The minimum Gasteiger partial charge on any atom is -0.339 e. The number of amides is 1. The first-order chi connectivity index (χ1) is 9.29. The van der Waals surface area contributed by atoms with Crippen molar-refractivity contribution in [1.82, 2.24) is 4.90 Å². The lowest BCUT2D eigenvalue weighted by atomic mass is 9.65. The summed E-state index contributed by atoms with van der Waals surface area (Å²) in [5, 5.41) is 0. The summed E-state index contributed by atoms with van der Waals surface area (Å²) < 4.78 is 0. The van der Waals surface area contributed by atoms with Gasteiger partial charge in [0.2, 0.25) is 5.91 Å². The second-order valence-electron chi connectivity index (χ2n) is 8.84. The van der Waals surface area contributed by atoms with Crippen LogP contribution in [0.3, 0.4) is 0 Å². The van der Waals surface area contributed by atoms with Crippen molar-refractivity contribution in [3.8, 4) is 0 Å². The molecule has 21 heavy (non-hydrogen) atoms. The molecule has 1 amide bonds. The third-order valence-corrected chi connectivity index (χ3v) is 6.08. The molecular formula is C17H31ClN2O. The van der Waals surface area contributed by atoms with E-state index in [-0.39, 0.29) is 17.8 Å². The van der Waals surface area contributed by atoms with Crippen LogP contribution in [0.25, 0.3) is 0 Å². The molecule has 2 atom stereocenters. The number of hydrogen-bond donors (Lipinski definition) is 1. The summed E-state index contributed by atoms with van der Waals surface area (Å²) in [6.07, 6.45) is 7.96. The van der Waals surface area contributed by atoms with Crippen molar-refractivity contribution in [2.75, 3.05) is 13.1 Å². The van der Waals surface area contributed by atoms with E-state index in [4.69, 9.17) is 5.73 Å². The molecule has 3 rings (SSSR count). The summed E-state index contributed by atoms with van der Waals surface area (Å²) in [5.41, 5.74) is 6.49. The van der Waals surface area contributed by atoms with E-state index in [1.807, 2.05) is 0 Å². The van der Waals surface area contributed by atoms with Crippen molar-refractivity contribution in [2.24, 2.45) is 22.0 Å². The highest BCUT2D eigenvalue weighted by atomic mass is 35.5. The molecule has 0 radical (unpaired) electrons. The Hall–Kier alpha value is -0.280. The first-order valence-electron chi connectivity index (χ1n) is 8.31. The first-order valence-corrected chi connectivity index (χ1v) is 8.31. The van der Waals surface area contributed by atoms with Gasteiger partial charge >= 0.3 is 0 Å². The second-order valence-corrected chi connectivity index (χ2v) is 8.84. The van der Waals surface area contributed by atoms with Crippen LogP contribution in [-0.2, 0) is 4.79 Å². The fraction of sp³-hybridized carbons (Fsp3) is 0.941. The first kappa shape index (κ1) is 17.1. The zero-order chi connectivity index (χ0) is 14.6. The quantitative estimate of drug-likeness (QED) is 0.849.